The maximum atomic E-state index is 12.2. The number of fused-ring (bicyclic) bond motifs is 1. The Morgan fingerprint density at radius 1 is 1.35 bits per heavy atom. The zero-order chi connectivity index (χ0) is 18.7. The number of benzene rings is 2. The van der Waals surface area contributed by atoms with Crippen LogP contribution in [0.4, 0.5) is 0 Å². The summed E-state index contributed by atoms with van der Waals surface area (Å²) in [5.74, 6) is 0.977. The van der Waals surface area contributed by atoms with Crippen LogP contribution >= 0.6 is 11.6 Å². The summed E-state index contributed by atoms with van der Waals surface area (Å²) in [4.78, 5) is 12.2. The van der Waals surface area contributed by atoms with Crippen LogP contribution in [0.2, 0.25) is 5.02 Å². The first-order chi connectivity index (χ1) is 12.4. The van der Waals surface area contributed by atoms with Crippen LogP contribution in [0.15, 0.2) is 36.4 Å². The van der Waals surface area contributed by atoms with E-state index in [1.165, 1.54) is 0 Å². The predicted octanol–water partition coefficient (Wildman–Crippen LogP) is 3.01. The number of aliphatic hydroxyl groups excluding tert-OH is 1. The Balaban J connectivity index is 1.84. The molecule has 0 aromatic heterocycles. The highest BCUT2D eigenvalue weighted by Gasteiger charge is 2.37. The number of amides is 1. The normalized spacial score (nSPS) is 18.2. The van der Waals surface area contributed by atoms with Gasteiger partial charge in [-0.05, 0) is 36.8 Å². The number of aliphatic hydroxyl groups is 1. The Morgan fingerprint density at radius 3 is 2.73 bits per heavy atom. The lowest BCUT2D eigenvalue weighted by Gasteiger charge is -2.24. The summed E-state index contributed by atoms with van der Waals surface area (Å²) in [7, 11) is 1.56. The van der Waals surface area contributed by atoms with Crippen LogP contribution < -0.4 is 14.8 Å². The molecular formula is C20H22ClNO4. The summed E-state index contributed by atoms with van der Waals surface area (Å²) < 4.78 is 11.7. The molecule has 0 saturated carbocycles. The first-order valence-electron chi connectivity index (χ1n) is 8.47. The molecule has 2 aromatic carbocycles. The standard InChI is InChI=1S/C20H22ClNO4/c1-20(11-13-3-5-16(21)6-4-13)12-15-9-14(19(24)22-7-8-23)10-17(25-2)18(15)26-20/h3-6,9-10,23H,7-8,11-12H2,1-2H3,(H,22,24). The van der Waals surface area contributed by atoms with E-state index in [9.17, 15) is 4.79 Å². The number of hydrogen-bond donors (Lipinski definition) is 2. The van der Waals surface area contributed by atoms with Crippen LogP contribution in [0, 0.1) is 0 Å². The van der Waals surface area contributed by atoms with Gasteiger partial charge in [0.25, 0.3) is 5.91 Å². The number of carbonyl (C=O) groups excluding carboxylic acids is 1. The van der Waals surface area contributed by atoms with Crippen molar-refractivity contribution in [2.24, 2.45) is 0 Å². The van der Waals surface area contributed by atoms with E-state index in [1.807, 2.05) is 37.3 Å². The minimum absolute atomic E-state index is 0.101. The van der Waals surface area contributed by atoms with Crippen LogP contribution in [0.25, 0.3) is 0 Å². The van der Waals surface area contributed by atoms with Crippen molar-refractivity contribution < 1.29 is 19.4 Å². The second kappa shape index (κ2) is 7.56. The summed E-state index contributed by atoms with van der Waals surface area (Å²) in [6.45, 7) is 2.16. The van der Waals surface area contributed by atoms with E-state index in [2.05, 4.69) is 5.32 Å². The highest BCUT2D eigenvalue weighted by Crippen LogP contribution is 2.44. The third-order valence-electron chi connectivity index (χ3n) is 4.42. The van der Waals surface area contributed by atoms with Crippen molar-refractivity contribution in [3.05, 3.63) is 58.1 Å². The topological polar surface area (TPSA) is 67.8 Å². The van der Waals surface area contributed by atoms with E-state index in [0.717, 1.165) is 11.1 Å². The van der Waals surface area contributed by atoms with Gasteiger partial charge < -0.3 is 19.9 Å². The Morgan fingerprint density at radius 2 is 2.08 bits per heavy atom. The maximum Gasteiger partial charge on any atom is 0.251 e. The van der Waals surface area contributed by atoms with Crippen molar-refractivity contribution in [2.75, 3.05) is 20.3 Å². The van der Waals surface area contributed by atoms with Crippen molar-refractivity contribution in [3.63, 3.8) is 0 Å². The summed E-state index contributed by atoms with van der Waals surface area (Å²) in [6, 6.07) is 11.2. The molecule has 0 saturated heterocycles. The molecule has 0 fully saturated rings. The number of methoxy groups -OCH3 is 1. The van der Waals surface area contributed by atoms with Crippen LogP contribution in [0.5, 0.6) is 11.5 Å². The molecule has 1 heterocycles. The fourth-order valence-electron chi connectivity index (χ4n) is 3.28. The van der Waals surface area contributed by atoms with Gasteiger partial charge in [0.15, 0.2) is 11.5 Å². The predicted molar refractivity (Wildman–Crippen MR) is 100 cm³/mol. The largest absolute Gasteiger partial charge is 0.493 e. The summed E-state index contributed by atoms with van der Waals surface area (Å²) in [5.41, 5.74) is 2.14. The monoisotopic (exact) mass is 375 g/mol. The fourth-order valence-corrected chi connectivity index (χ4v) is 3.41. The van der Waals surface area contributed by atoms with Crippen molar-refractivity contribution in [1.82, 2.24) is 5.32 Å². The quantitative estimate of drug-likeness (QED) is 0.814. The number of rotatable bonds is 6. The van der Waals surface area contributed by atoms with Gasteiger partial charge in [-0.3, -0.25) is 4.79 Å². The molecule has 5 nitrogen and oxygen atoms in total. The van der Waals surface area contributed by atoms with E-state index in [0.29, 0.717) is 34.9 Å². The first-order valence-corrected chi connectivity index (χ1v) is 8.85. The van der Waals surface area contributed by atoms with Gasteiger partial charge in [0.1, 0.15) is 5.60 Å². The molecule has 3 rings (SSSR count). The molecule has 2 aromatic rings. The lowest BCUT2D eigenvalue weighted by molar-refractivity contribution is 0.0944. The maximum absolute atomic E-state index is 12.2. The van der Waals surface area contributed by atoms with Crippen LogP contribution in [-0.4, -0.2) is 36.9 Å². The van der Waals surface area contributed by atoms with Crippen molar-refractivity contribution >= 4 is 17.5 Å². The number of ether oxygens (including phenoxy) is 2. The van der Waals surface area contributed by atoms with Crippen LogP contribution in [-0.2, 0) is 12.8 Å². The second-order valence-corrected chi connectivity index (χ2v) is 7.11. The van der Waals surface area contributed by atoms with Crippen LogP contribution in [0.1, 0.15) is 28.4 Å². The molecule has 1 unspecified atom stereocenters. The minimum atomic E-state index is -0.427. The molecule has 1 aliphatic heterocycles. The molecule has 6 heteroatoms. The van der Waals surface area contributed by atoms with E-state index < -0.39 is 5.60 Å². The average Bonchev–Trinajstić information content (AvgIpc) is 2.96. The average molecular weight is 376 g/mol. The Hall–Kier alpha value is -2.24. The van der Waals surface area contributed by atoms with E-state index in [4.69, 9.17) is 26.2 Å². The zero-order valence-corrected chi connectivity index (χ0v) is 15.6. The molecule has 0 radical (unpaired) electrons. The summed E-state index contributed by atoms with van der Waals surface area (Å²) in [6.07, 6.45) is 1.39. The molecule has 0 aliphatic carbocycles. The van der Waals surface area contributed by atoms with Crippen molar-refractivity contribution in [2.45, 2.75) is 25.4 Å². The zero-order valence-electron chi connectivity index (χ0n) is 14.8. The number of nitrogens with one attached hydrogen (secondary N) is 1. The SMILES string of the molecule is COc1cc(C(=O)NCCO)cc2c1OC(C)(Cc1ccc(Cl)cc1)C2. The molecule has 26 heavy (non-hydrogen) atoms. The van der Waals surface area contributed by atoms with Gasteiger partial charge in [-0.25, -0.2) is 0 Å². The fraction of sp³-hybridized carbons (Fsp3) is 0.350. The molecular weight excluding hydrogens is 354 g/mol. The van der Waals surface area contributed by atoms with Gasteiger partial charge in [-0.2, -0.15) is 0 Å². The third kappa shape index (κ3) is 3.94. The molecule has 1 amide bonds. The Kier molecular flexibility index (Phi) is 5.39. The lowest BCUT2D eigenvalue weighted by Crippen LogP contribution is -2.32. The number of halogens is 1. The molecule has 138 valence electrons. The second-order valence-electron chi connectivity index (χ2n) is 6.68. The van der Waals surface area contributed by atoms with Gasteiger partial charge in [-0.15, -0.1) is 0 Å². The Bertz CT molecular complexity index is 806. The van der Waals surface area contributed by atoms with E-state index in [1.54, 1.807) is 13.2 Å². The molecule has 1 aliphatic rings. The van der Waals surface area contributed by atoms with Gasteiger partial charge in [0.2, 0.25) is 0 Å². The number of hydrogen-bond acceptors (Lipinski definition) is 4. The van der Waals surface area contributed by atoms with Crippen molar-refractivity contribution in [1.29, 1.82) is 0 Å². The minimum Gasteiger partial charge on any atom is -0.493 e. The van der Waals surface area contributed by atoms with E-state index in [-0.39, 0.29) is 19.1 Å². The molecule has 2 N–H and O–H groups in total. The van der Waals surface area contributed by atoms with Gasteiger partial charge in [-0.1, -0.05) is 23.7 Å². The van der Waals surface area contributed by atoms with Gasteiger partial charge >= 0.3 is 0 Å². The molecule has 1 atom stereocenters. The van der Waals surface area contributed by atoms with Gasteiger partial charge in [0, 0.05) is 35.5 Å². The smallest absolute Gasteiger partial charge is 0.251 e. The summed E-state index contributed by atoms with van der Waals surface area (Å²) >= 11 is 5.96. The highest BCUT2D eigenvalue weighted by atomic mass is 35.5. The number of carbonyl (C=O) groups is 1. The third-order valence-corrected chi connectivity index (χ3v) is 4.67. The van der Waals surface area contributed by atoms with E-state index >= 15 is 0 Å². The lowest BCUT2D eigenvalue weighted by atomic mass is 9.91. The molecule has 0 bridgehead atoms. The van der Waals surface area contributed by atoms with Crippen LogP contribution in [0.3, 0.4) is 0 Å². The van der Waals surface area contributed by atoms with Crippen molar-refractivity contribution in [3.8, 4) is 11.5 Å². The highest BCUT2D eigenvalue weighted by molar-refractivity contribution is 6.30. The summed E-state index contributed by atoms with van der Waals surface area (Å²) in [5, 5.41) is 12.2. The van der Waals surface area contributed by atoms with Gasteiger partial charge in [0.05, 0.1) is 13.7 Å². The Labute approximate surface area is 157 Å². The molecule has 0 spiro atoms. The first kappa shape index (κ1) is 18.5.